The minimum absolute atomic E-state index is 0.577. The van der Waals surface area contributed by atoms with Gasteiger partial charge in [-0.2, -0.15) is 0 Å². The van der Waals surface area contributed by atoms with Crippen LogP contribution in [0.1, 0.15) is 33.1 Å². The van der Waals surface area contributed by atoms with Gasteiger partial charge in [-0.05, 0) is 70.2 Å². The third-order valence-electron chi connectivity index (χ3n) is 3.31. The van der Waals surface area contributed by atoms with Crippen molar-refractivity contribution in [1.29, 1.82) is 0 Å². The molecule has 1 aromatic carbocycles. The molecule has 0 amide bonds. The van der Waals surface area contributed by atoms with Gasteiger partial charge in [-0.15, -0.1) is 0 Å². The van der Waals surface area contributed by atoms with Crippen molar-refractivity contribution in [2.24, 2.45) is 0 Å². The molecule has 4 N–H and O–H groups in total. The topological polar surface area (TPSA) is 48.1 Å². The van der Waals surface area contributed by atoms with Gasteiger partial charge in [0.15, 0.2) is 5.11 Å². The average Bonchev–Trinajstić information content (AvgIpc) is 2.48. The molecule has 0 aromatic heterocycles. The lowest BCUT2D eigenvalue weighted by Gasteiger charge is -2.12. The summed E-state index contributed by atoms with van der Waals surface area (Å²) < 4.78 is 0. The van der Waals surface area contributed by atoms with Crippen LogP contribution in [0.2, 0.25) is 0 Å². The second-order valence-electron chi connectivity index (χ2n) is 5.32. The molecule has 0 fully saturated rings. The first-order chi connectivity index (χ1) is 10.5. The summed E-state index contributed by atoms with van der Waals surface area (Å²) in [5.74, 6) is 0. The van der Waals surface area contributed by atoms with Crippen LogP contribution in [-0.4, -0.2) is 29.7 Å². The van der Waals surface area contributed by atoms with E-state index in [1.165, 1.54) is 12.8 Å². The minimum Gasteiger partial charge on any atom is -0.362 e. The fraction of sp³-hybridized carbons (Fsp3) is 0.500. The molecule has 0 aliphatic heterocycles. The number of hydrogen-bond acceptors (Lipinski definition) is 3. The number of rotatable bonds is 8. The first kappa shape index (κ1) is 18.8. The Balaban J connectivity index is 2.23. The summed E-state index contributed by atoms with van der Waals surface area (Å²) in [5, 5.41) is 13.4. The number of hydrogen-bond donors (Lipinski definition) is 4. The predicted octanol–water partition coefficient (Wildman–Crippen LogP) is 3.51. The van der Waals surface area contributed by atoms with Gasteiger partial charge in [0, 0.05) is 24.0 Å². The molecule has 0 aliphatic carbocycles. The lowest BCUT2D eigenvalue weighted by molar-refractivity contribution is 0.527. The van der Waals surface area contributed by atoms with Gasteiger partial charge >= 0.3 is 0 Å². The monoisotopic (exact) mass is 338 g/mol. The molecule has 0 saturated carbocycles. The highest BCUT2D eigenvalue weighted by atomic mass is 32.1. The zero-order chi connectivity index (χ0) is 16.4. The number of thiocarbonyl (C=S) groups is 2. The number of benzene rings is 1. The zero-order valence-electron chi connectivity index (χ0n) is 13.5. The van der Waals surface area contributed by atoms with E-state index in [9.17, 15) is 0 Å². The Hall–Kier alpha value is -1.24. The molecule has 0 spiro atoms. The second kappa shape index (κ2) is 10.5. The van der Waals surface area contributed by atoms with Gasteiger partial charge in [-0.1, -0.05) is 18.6 Å². The molecule has 122 valence electrons. The Kier molecular flexibility index (Phi) is 8.96. The quantitative estimate of drug-likeness (QED) is 0.430. The summed E-state index contributed by atoms with van der Waals surface area (Å²) in [4.78, 5) is 0.755. The van der Waals surface area contributed by atoms with Gasteiger partial charge < -0.3 is 21.3 Å². The first-order valence-corrected chi connectivity index (χ1v) is 8.42. The van der Waals surface area contributed by atoms with Crippen molar-refractivity contribution in [2.45, 2.75) is 39.2 Å². The van der Waals surface area contributed by atoms with Gasteiger partial charge in [-0.3, -0.25) is 0 Å². The highest BCUT2D eigenvalue weighted by Gasteiger charge is 2.00. The SMILES string of the molecule is CN[C@H](C)CCCCNC(=S)Nc1ccc(NC(C)=S)cc1. The summed E-state index contributed by atoms with van der Waals surface area (Å²) in [6, 6.07) is 8.47. The van der Waals surface area contributed by atoms with Crippen LogP contribution in [0.5, 0.6) is 0 Å². The summed E-state index contributed by atoms with van der Waals surface area (Å²) >= 11 is 10.3. The third-order valence-corrected chi connectivity index (χ3v) is 3.65. The van der Waals surface area contributed by atoms with Gasteiger partial charge in [-0.25, -0.2) is 0 Å². The van der Waals surface area contributed by atoms with Crippen molar-refractivity contribution in [2.75, 3.05) is 24.2 Å². The number of anilines is 2. The van der Waals surface area contributed by atoms with Crippen LogP contribution in [0, 0.1) is 0 Å². The van der Waals surface area contributed by atoms with E-state index in [0.717, 1.165) is 29.3 Å². The molecule has 1 rings (SSSR count). The largest absolute Gasteiger partial charge is 0.362 e. The van der Waals surface area contributed by atoms with Crippen LogP contribution in [0.3, 0.4) is 0 Å². The van der Waals surface area contributed by atoms with E-state index in [0.29, 0.717) is 11.2 Å². The van der Waals surface area contributed by atoms with Crippen LogP contribution < -0.4 is 21.3 Å². The maximum absolute atomic E-state index is 5.29. The summed E-state index contributed by atoms with van der Waals surface area (Å²) in [6.07, 6.45) is 3.49. The molecular formula is C16H26N4S2. The van der Waals surface area contributed by atoms with Crippen molar-refractivity contribution in [3.8, 4) is 0 Å². The van der Waals surface area contributed by atoms with Gasteiger partial charge in [0.25, 0.3) is 0 Å². The van der Waals surface area contributed by atoms with E-state index in [2.05, 4.69) is 28.2 Å². The predicted molar refractivity (Wildman–Crippen MR) is 105 cm³/mol. The Morgan fingerprint density at radius 1 is 1.05 bits per heavy atom. The van der Waals surface area contributed by atoms with Crippen molar-refractivity contribution in [3.05, 3.63) is 24.3 Å². The van der Waals surface area contributed by atoms with Crippen molar-refractivity contribution in [3.63, 3.8) is 0 Å². The molecule has 0 radical (unpaired) electrons. The lowest BCUT2D eigenvalue weighted by Crippen LogP contribution is -2.29. The first-order valence-electron chi connectivity index (χ1n) is 7.61. The number of unbranched alkanes of at least 4 members (excludes halogenated alkanes) is 1. The Morgan fingerprint density at radius 2 is 1.64 bits per heavy atom. The molecule has 6 heteroatoms. The van der Waals surface area contributed by atoms with Crippen LogP contribution in [0.15, 0.2) is 24.3 Å². The van der Waals surface area contributed by atoms with Crippen molar-refractivity contribution >= 4 is 45.9 Å². The molecule has 22 heavy (non-hydrogen) atoms. The van der Waals surface area contributed by atoms with E-state index in [1.54, 1.807) is 0 Å². The van der Waals surface area contributed by atoms with E-state index in [4.69, 9.17) is 24.4 Å². The molecule has 0 aliphatic rings. The summed E-state index contributed by atoms with van der Waals surface area (Å²) in [7, 11) is 2.00. The standard InChI is InChI=1S/C16H26N4S2/c1-12(17-3)6-4-5-11-18-16(22)20-15-9-7-14(8-10-15)19-13(2)21/h7-10,12,17H,4-6,11H2,1-3H3,(H,19,21)(H2,18,20,22)/t12-/m1/s1. The van der Waals surface area contributed by atoms with Crippen LogP contribution in [-0.2, 0) is 0 Å². The molecule has 1 aromatic rings. The fourth-order valence-corrected chi connectivity index (χ4v) is 2.27. The van der Waals surface area contributed by atoms with E-state index in [-0.39, 0.29) is 0 Å². The zero-order valence-corrected chi connectivity index (χ0v) is 15.2. The molecule has 0 saturated heterocycles. The average molecular weight is 339 g/mol. The molecule has 4 nitrogen and oxygen atoms in total. The maximum atomic E-state index is 5.29. The van der Waals surface area contributed by atoms with Gasteiger partial charge in [0.2, 0.25) is 0 Å². The summed E-state index contributed by atoms with van der Waals surface area (Å²) in [6.45, 7) is 4.95. The van der Waals surface area contributed by atoms with E-state index in [1.807, 2.05) is 38.2 Å². The maximum Gasteiger partial charge on any atom is 0.170 e. The van der Waals surface area contributed by atoms with Gasteiger partial charge in [0.1, 0.15) is 0 Å². The Bertz CT molecular complexity index is 474. The molecule has 0 heterocycles. The van der Waals surface area contributed by atoms with Crippen LogP contribution in [0.25, 0.3) is 0 Å². The van der Waals surface area contributed by atoms with Gasteiger partial charge in [0.05, 0.1) is 4.99 Å². The van der Waals surface area contributed by atoms with Crippen molar-refractivity contribution < 1.29 is 0 Å². The minimum atomic E-state index is 0.577. The summed E-state index contributed by atoms with van der Waals surface area (Å²) in [5.41, 5.74) is 1.95. The highest BCUT2D eigenvalue weighted by Crippen LogP contribution is 2.13. The second-order valence-corrected chi connectivity index (χ2v) is 6.35. The number of nitrogens with one attached hydrogen (secondary N) is 4. The molecule has 0 bridgehead atoms. The smallest absolute Gasteiger partial charge is 0.170 e. The molecule has 0 unspecified atom stereocenters. The van der Waals surface area contributed by atoms with Crippen LogP contribution in [0.4, 0.5) is 11.4 Å². The van der Waals surface area contributed by atoms with Crippen LogP contribution >= 0.6 is 24.4 Å². The van der Waals surface area contributed by atoms with Crippen molar-refractivity contribution in [1.82, 2.24) is 10.6 Å². The normalized spacial score (nSPS) is 11.6. The fourth-order valence-electron chi connectivity index (χ4n) is 1.94. The highest BCUT2D eigenvalue weighted by molar-refractivity contribution is 7.80. The molecular weight excluding hydrogens is 312 g/mol. The third kappa shape index (κ3) is 8.26. The van der Waals surface area contributed by atoms with E-state index >= 15 is 0 Å². The van der Waals surface area contributed by atoms with E-state index < -0.39 is 0 Å². The molecule has 1 atom stereocenters. The lowest BCUT2D eigenvalue weighted by atomic mass is 10.1. The Labute approximate surface area is 144 Å². The Morgan fingerprint density at radius 3 is 2.18 bits per heavy atom.